The van der Waals surface area contributed by atoms with Crippen LogP contribution in [0.5, 0.6) is 0 Å². The fourth-order valence-corrected chi connectivity index (χ4v) is 2.10. The zero-order valence-electron chi connectivity index (χ0n) is 15.9. The summed E-state index contributed by atoms with van der Waals surface area (Å²) in [4.78, 5) is 25.9. The molecule has 0 atom stereocenters. The Morgan fingerprint density at radius 2 is 1.88 bits per heavy atom. The van der Waals surface area contributed by atoms with Crippen molar-refractivity contribution in [1.82, 2.24) is 26.4 Å². The van der Waals surface area contributed by atoms with Crippen molar-refractivity contribution in [3.63, 3.8) is 0 Å². The van der Waals surface area contributed by atoms with Crippen LogP contribution in [-0.4, -0.2) is 49.6 Å². The van der Waals surface area contributed by atoms with E-state index in [-0.39, 0.29) is 17.5 Å². The van der Waals surface area contributed by atoms with Gasteiger partial charge in [0.25, 0.3) is 5.91 Å². The van der Waals surface area contributed by atoms with E-state index in [0.717, 1.165) is 18.5 Å². The second-order valence-corrected chi connectivity index (χ2v) is 7.30. The molecule has 0 aliphatic heterocycles. The van der Waals surface area contributed by atoms with Crippen molar-refractivity contribution >= 4 is 11.9 Å². The van der Waals surface area contributed by atoms with Gasteiger partial charge in [-0.15, -0.1) is 0 Å². The van der Waals surface area contributed by atoms with Gasteiger partial charge in [-0.25, -0.2) is 10.2 Å². The normalized spacial score (nSPS) is 11.3. The number of urea groups is 1. The SMILES string of the molecule is CN(C)CCCNC(=O)NNCc1cccc(C(=O)NC(C)(C)C)c1. The number of amides is 3. The van der Waals surface area contributed by atoms with Crippen molar-refractivity contribution in [1.29, 1.82) is 0 Å². The molecular weight excluding hydrogens is 318 g/mol. The summed E-state index contributed by atoms with van der Waals surface area (Å²) in [5, 5.41) is 5.71. The van der Waals surface area contributed by atoms with Gasteiger partial charge < -0.3 is 15.5 Å². The topological polar surface area (TPSA) is 85.5 Å². The van der Waals surface area contributed by atoms with Gasteiger partial charge in [0.2, 0.25) is 0 Å². The molecule has 25 heavy (non-hydrogen) atoms. The van der Waals surface area contributed by atoms with Crippen molar-refractivity contribution in [3.8, 4) is 0 Å². The predicted molar refractivity (Wildman–Crippen MR) is 100 cm³/mol. The molecule has 3 amide bonds. The van der Waals surface area contributed by atoms with E-state index in [0.29, 0.717) is 18.7 Å². The number of hydrogen-bond donors (Lipinski definition) is 4. The maximum absolute atomic E-state index is 12.2. The maximum Gasteiger partial charge on any atom is 0.329 e. The van der Waals surface area contributed by atoms with Crippen molar-refractivity contribution in [2.75, 3.05) is 27.2 Å². The minimum absolute atomic E-state index is 0.110. The molecule has 0 aliphatic rings. The first kappa shape index (κ1) is 20.9. The summed E-state index contributed by atoms with van der Waals surface area (Å²) in [6.07, 6.45) is 0.894. The van der Waals surface area contributed by atoms with Crippen LogP contribution in [0.25, 0.3) is 0 Å². The third-order valence-corrected chi connectivity index (χ3v) is 3.24. The Morgan fingerprint density at radius 3 is 2.52 bits per heavy atom. The fraction of sp³-hybridized carbons (Fsp3) is 0.556. The molecule has 7 heteroatoms. The minimum Gasteiger partial charge on any atom is -0.347 e. The third-order valence-electron chi connectivity index (χ3n) is 3.24. The van der Waals surface area contributed by atoms with Gasteiger partial charge in [0.1, 0.15) is 0 Å². The molecule has 0 saturated heterocycles. The molecule has 0 unspecified atom stereocenters. The van der Waals surface area contributed by atoms with Crippen LogP contribution in [-0.2, 0) is 6.54 Å². The van der Waals surface area contributed by atoms with Crippen LogP contribution >= 0.6 is 0 Å². The highest BCUT2D eigenvalue weighted by atomic mass is 16.2. The molecule has 4 N–H and O–H groups in total. The second kappa shape index (κ2) is 10.0. The van der Waals surface area contributed by atoms with Crippen LogP contribution in [0.15, 0.2) is 24.3 Å². The summed E-state index contributed by atoms with van der Waals surface area (Å²) in [6, 6.07) is 7.05. The molecule has 0 fully saturated rings. The smallest absolute Gasteiger partial charge is 0.329 e. The first-order chi connectivity index (χ1) is 11.7. The second-order valence-electron chi connectivity index (χ2n) is 7.30. The van der Waals surface area contributed by atoms with Crippen molar-refractivity contribution in [3.05, 3.63) is 35.4 Å². The summed E-state index contributed by atoms with van der Waals surface area (Å²) >= 11 is 0. The molecule has 1 aromatic rings. The third kappa shape index (κ3) is 9.69. The van der Waals surface area contributed by atoms with E-state index in [4.69, 9.17) is 0 Å². The van der Waals surface area contributed by atoms with Gasteiger partial charge >= 0.3 is 6.03 Å². The van der Waals surface area contributed by atoms with Crippen LogP contribution in [0.2, 0.25) is 0 Å². The average molecular weight is 349 g/mol. The van der Waals surface area contributed by atoms with Gasteiger partial charge in [0.15, 0.2) is 0 Å². The highest BCUT2D eigenvalue weighted by molar-refractivity contribution is 5.94. The summed E-state index contributed by atoms with van der Waals surface area (Å²) < 4.78 is 0. The number of benzene rings is 1. The van der Waals surface area contributed by atoms with E-state index in [2.05, 4.69) is 26.4 Å². The molecule has 0 aliphatic carbocycles. The van der Waals surface area contributed by atoms with E-state index in [1.165, 1.54) is 0 Å². The van der Waals surface area contributed by atoms with Gasteiger partial charge in [0, 0.05) is 24.2 Å². The molecule has 0 spiro atoms. The van der Waals surface area contributed by atoms with Crippen LogP contribution < -0.4 is 21.5 Å². The first-order valence-electron chi connectivity index (χ1n) is 8.50. The van der Waals surface area contributed by atoms with Gasteiger partial charge in [-0.3, -0.25) is 10.2 Å². The zero-order chi connectivity index (χ0) is 18.9. The van der Waals surface area contributed by atoms with Crippen molar-refractivity contribution in [2.24, 2.45) is 0 Å². The first-order valence-corrected chi connectivity index (χ1v) is 8.50. The Morgan fingerprint density at radius 1 is 1.16 bits per heavy atom. The lowest BCUT2D eigenvalue weighted by atomic mass is 10.1. The Labute approximate surface area is 150 Å². The van der Waals surface area contributed by atoms with E-state index >= 15 is 0 Å². The monoisotopic (exact) mass is 349 g/mol. The molecule has 0 heterocycles. The van der Waals surface area contributed by atoms with E-state index in [9.17, 15) is 9.59 Å². The van der Waals surface area contributed by atoms with Crippen molar-refractivity contribution in [2.45, 2.75) is 39.3 Å². The number of nitrogens with one attached hydrogen (secondary N) is 4. The molecule has 0 radical (unpaired) electrons. The van der Waals surface area contributed by atoms with Crippen LogP contribution in [0.4, 0.5) is 4.79 Å². The Bertz CT molecular complexity index is 567. The van der Waals surface area contributed by atoms with Gasteiger partial charge in [-0.05, 0) is 65.5 Å². The summed E-state index contributed by atoms with van der Waals surface area (Å²) in [5.41, 5.74) is 6.68. The molecule has 1 rings (SSSR count). The minimum atomic E-state index is -0.280. The largest absolute Gasteiger partial charge is 0.347 e. The van der Waals surface area contributed by atoms with Crippen molar-refractivity contribution < 1.29 is 9.59 Å². The lowest BCUT2D eigenvalue weighted by molar-refractivity contribution is 0.0919. The highest BCUT2D eigenvalue weighted by Gasteiger charge is 2.15. The average Bonchev–Trinajstić information content (AvgIpc) is 2.50. The number of hydrogen-bond acceptors (Lipinski definition) is 4. The lowest BCUT2D eigenvalue weighted by Crippen LogP contribution is -2.44. The fourth-order valence-electron chi connectivity index (χ4n) is 2.10. The molecular formula is C18H31N5O2. The van der Waals surface area contributed by atoms with Crippen LogP contribution in [0.3, 0.4) is 0 Å². The van der Waals surface area contributed by atoms with Gasteiger partial charge in [-0.2, -0.15) is 0 Å². The summed E-state index contributed by atoms with van der Waals surface area (Å²) in [5.74, 6) is -0.110. The standard InChI is InChI=1S/C18H31N5O2/c1-18(2,3)21-16(24)15-9-6-8-14(12-15)13-20-22-17(25)19-10-7-11-23(4)5/h6,8-9,12,20H,7,10-11,13H2,1-5H3,(H,21,24)(H2,19,22,25). The number of carbonyl (C=O) groups excluding carboxylic acids is 2. The Hall–Kier alpha value is -2.12. The number of carbonyl (C=O) groups is 2. The van der Waals surface area contributed by atoms with E-state index < -0.39 is 0 Å². The van der Waals surface area contributed by atoms with Crippen LogP contribution in [0, 0.1) is 0 Å². The lowest BCUT2D eigenvalue weighted by Gasteiger charge is -2.20. The summed E-state index contributed by atoms with van der Waals surface area (Å²) in [6.45, 7) is 7.80. The molecule has 0 bridgehead atoms. The predicted octanol–water partition coefficient (Wildman–Crippen LogP) is 1.47. The Balaban J connectivity index is 2.37. The Kier molecular flexibility index (Phi) is 8.37. The number of nitrogens with zero attached hydrogens (tertiary/aromatic N) is 1. The van der Waals surface area contributed by atoms with Gasteiger partial charge in [0.05, 0.1) is 0 Å². The molecule has 140 valence electrons. The quantitative estimate of drug-likeness (QED) is 0.423. The summed E-state index contributed by atoms with van der Waals surface area (Å²) in [7, 11) is 4.00. The molecule has 7 nitrogen and oxygen atoms in total. The number of rotatable bonds is 8. The van der Waals surface area contributed by atoms with E-state index in [1.54, 1.807) is 6.07 Å². The molecule has 0 saturated carbocycles. The molecule has 1 aromatic carbocycles. The van der Waals surface area contributed by atoms with Gasteiger partial charge in [-0.1, -0.05) is 12.1 Å². The zero-order valence-corrected chi connectivity index (χ0v) is 15.9. The van der Waals surface area contributed by atoms with E-state index in [1.807, 2.05) is 53.1 Å². The highest BCUT2D eigenvalue weighted by Crippen LogP contribution is 2.07. The number of hydrazine groups is 1. The molecule has 0 aromatic heterocycles. The maximum atomic E-state index is 12.2. The van der Waals surface area contributed by atoms with Crippen LogP contribution in [0.1, 0.15) is 43.1 Å².